The first-order valence-electron chi connectivity index (χ1n) is 5.86. The molecule has 0 amide bonds. The van der Waals surface area contributed by atoms with Crippen LogP contribution in [0.4, 0.5) is 0 Å². The van der Waals surface area contributed by atoms with Gasteiger partial charge in [0.05, 0.1) is 24.6 Å². The Morgan fingerprint density at radius 1 is 1.33 bits per heavy atom. The minimum atomic E-state index is -1.10. The fourth-order valence-electron chi connectivity index (χ4n) is 1.39. The van der Waals surface area contributed by atoms with E-state index in [0.29, 0.717) is 10.8 Å². The minimum absolute atomic E-state index is 0.0735. The molecule has 0 saturated heterocycles. The highest BCUT2D eigenvalue weighted by atomic mass is 35.5. The third-order valence-electron chi connectivity index (χ3n) is 2.24. The third-order valence-corrected chi connectivity index (χ3v) is 3.90. The monoisotopic (exact) mass is 290 g/mol. The highest BCUT2D eigenvalue weighted by Gasteiger charge is 2.11. The van der Waals surface area contributed by atoms with Crippen molar-refractivity contribution in [3.05, 3.63) is 34.9 Å². The second kappa shape index (κ2) is 7.89. The van der Waals surface area contributed by atoms with Gasteiger partial charge in [-0.05, 0) is 31.5 Å². The topological polar surface area (TPSA) is 46.5 Å². The molecule has 0 aromatic heterocycles. The van der Waals surface area contributed by atoms with E-state index in [2.05, 4.69) is 0 Å². The van der Waals surface area contributed by atoms with E-state index >= 15 is 0 Å². The summed E-state index contributed by atoms with van der Waals surface area (Å²) in [5, 5.41) is 10.3. The largest absolute Gasteiger partial charge is 0.390 e. The number of hydrogen-bond donors (Lipinski definition) is 1. The van der Waals surface area contributed by atoms with Crippen LogP contribution >= 0.6 is 11.6 Å². The van der Waals surface area contributed by atoms with Crippen molar-refractivity contribution in [1.82, 2.24) is 0 Å². The maximum atomic E-state index is 11.8. The molecule has 5 heteroatoms. The van der Waals surface area contributed by atoms with Crippen LogP contribution < -0.4 is 0 Å². The molecule has 0 fully saturated rings. The molecule has 18 heavy (non-hydrogen) atoms. The molecule has 0 spiro atoms. The van der Waals surface area contributed by atoms with Crippen molar-refractivity contribution >= 4 is 22.4 Å². The standard InChI is InChI=1S/C13H19ClO3S/c1-10(2)17-7-13(15)9-18(16)8-11-3-5-12(14)6-4-11/h3-6,10,13,15H,7-9H2,1-2H3. The zero-order valence-electron chi connectivity index (χ0n) is 10.6. The van der Waals surface area contributed by atoms with E-state index in [0.717, 1.165) is 5.56 Å². The minimum Gasteiger partial charge on any atom is -0.390 e. The number of rotatable bonds is 7. The van der Waals surface area contributed by atoms with Crippen molar-refractivity contribution in [1.29, 1.82) is 0 Å². The van der Waals surface area contributed by atoms with Crippen molar-refractivity contribution in [2.24, 2.45) is 0 Å². The molecule has 1 aromatic carbocycles. The Hall–Kier alpha value is -0.420. The van der Waals surface area contributed by atoms with Crippen LogP contribution in [-0.2, 0) is 21.3 Å². The summed E-state index contributed by atoms with van der Waals surface area (Å²) < 4.78 is 17.1. The van der Waals surface area contributed by atoms with Crippen LogP contribution in [0.1, 0.15) is 19.4 Å². The van der Waals surface area contributed by atoms with Crippen LogP contribution in [0.2, 0.25) is 5.02 Å². The van der Waals surface area contributed by atoms with E-state index in [9.17, 15) is 9.32 Å². The van der Waals surface area contributed by atoms with Gasteiger partial charge in [-0.3, -0.25) is 4.21 Å². The van der Waals surface area contributed by atoms with Crippen molar-refractivity contribution in [2.75, 3.05) is 12.4 Å². The number of hydrogen-bond acceptors (Lipinski definition) is 3. The lowest BCUT2D eigenvalue weighted by Crippen LogP contribution is -2.25. The van der Waals surface area contributed by atoms with Crippen molar-refractivity contribution < 1.29 is 14.1 Å². The fraction of sp³-hybridized carbons (Fsp3) is 0.538. The molecule has 2 unspecified atom stereocenters. The first-order valence-corrected chi connectivity index (χ1v) is 7.73. The van der Waals surface area contributed by atoms with Crippen LogP contribution in [0.15, 0.2) is 24.3 Å². The van der Waals surface area contributed by atoms with Crippen LogP contribution in [0, 0.1) is 0 Å². The number of halogens is 1. The molecule has 3 nitrogen and oxygen atoms in total. The average molecular weight is 291 g/mol. The van der Waals surface area contributed by atoms with Crippen LogP contribution in [0.5, 0.6) is 0 Å². The van der Waals surface area contributed by atoms with Crippen molar-refractivity contribution in [2.45, 2.75) is 31.8 Å². The Kier molecular flexibility index (Phi) is 6.86. The molecule has 0 aliphatic carbocycles. The first-order chi connectivity index (χ1) is 8.47. The molecule has 0 aliphatic rings. The van der Waals surface area contributed by atoms with E-state index in [-0.39, 0.29) is 18.5 Å². The van der Waals surface area contributed by atoms with E-state index in [1.54, 1.807) is 12.1 Å². The van der Waals surface area contributed by atoms with Gasteiger partial charge >= 0.3 is 0 Å². The number of benzene rings is 1. The lowest BCUT2D eigenvalue weighted by molar-refractivity contribution is 0.0149. The summed E-state index contributed by atoms with van der Waals surface area (Å²) in [5.41, 5.74) is 0.953. The molecule has 1 N–H and O–H groups in total. The van der Waals surface area contributed by atoms with Crippen molar-refractivity contribution in [3.8, 4) is 0 Å². The Morgan fingerprint density at radius 2 is 1.94 bits per heavy atom. The molecule has 0 aliphatic heterocycles. The second-order valence-corrected chi connectivity index (χ2v) is 6.35. The van der Waals surface area contributed by atoms with Crippen molar-refractivity contribution in [3.63, 3.8) is 0 Å². The van der Waals surface area contributed by atoms with Gasteiger partial charge in [0.25, 0.3) is 0 Å². The molecule has 1 rings (SSSR count). The summed E-state index contributed by atoms with van der Waals surface area (Å²) >= 11 is 5.77. The maximum absolute atomic E-state index is 11.8. The summed E-state index contributed by atoms with van der Waals surface area (Å²) in [7, 11) is -1.10. The first kappa shape index (κ1) is 15.6. The maximum Gasteiger partial charge on any atom is 0.0888 e. The molecule has 0 saturated carbocycles. The molecule has 2 atom stereocenters. The molecule has 0 heterocycles. The van der Waals surface area contributed by atoms with E-state index < -0.39 is 16.9 Å². The molecule has 0 radical (unpaired) electrons. The van der Waals surface area contributed by atoms with Gasteiger partial charge in [-0.25, -0.2) is 0 Å². The number of ether oxygens (including phenoxy) is 1. The van der Waals surface area contributed by atoms with Gasteiger partial charge in [0.15, 0.2) is 0 Å². The Balaban J connectivity index is 2.34. The lowest BCUT2D eigenvalue weighted by atomic mass is 10.2. The van der Waals surface area contributed by atoms with E-state index in [1.165, 1.54) is 0 Å². The molecular formula is C13H19ClO3S. The van der Waals surface area contributed by atoms with E-state index in [4.69, 9.17) is 16.3 Å². The highest BCUT2D eigenvalue weighted by molar-refractivity contribution is 7.84. The van der Waals surface area contributed by atoms with Crippen LogP contribution in [-0.4, -0.2) is 33.9 Å². The Bertz CT molecular complexity index is 378. The van der Waals surface area contributed by atoms with Gasteiger partial charge in [0, 0.05) is 21.6 Å². The van der Waals surface area contributed by atoms with Gasteiger partial charge < -0.3 is 9.84 Å². The predicted molar refractivity (Wildman–Crippen MR) is 75.3 cm³/mol. The summed E-state index contributed by atoms with van der Waals surface area (Å²) in [6, 6.07) is 7.23. The summed E-state index contributed by atoms with van der Waals surface area (Å²) in [5.74, 6) is 0.658. The smallest absolute Gasteiger partial charge is 0.0888 e. The number of aliphatic hydroxyl groups excluding tert-OH is 1. The average Bonchev–Trinajstić information content (AvgIpc) is 2.29. The molecular weight excluding hydrogens is 272 g/mol. The normalized spacial score (nSPS) is 14.7. The molecule has 102 valence electrons. The predicted octanol–water partition coefficient (Wildman–Crippen LogP) is 2.37. The quantitative estimate of drug-likeness (QED) is 0.839. The SMILES string of the molecule is CC(C)OCC(O)CS(=O)Cc1ccc(Cl)cc1. The van der Waals surface area contributed by atoms with E-state index in [1.807, 2.05) is 26.0 Å². The van der Waals surface area contributed by atoms with Gasteiger partial charge in [-0.15, -0.1) is 0 Å². The third kappa shape index (κ3) is 6.50. The van der Waals surface area contributed by atoms with Gasteiger partial charge in [0.2, 0.25) is 0 Å². The van der Waals surface area contributed by atoms with Gasteiger partial charge in [-0.2, -0.15) is 0 Å². The Morgan fingerprint density at radius 3 is 2.50 bits per heavy atom. The lowest BCUT2D eigenvalue weighted by Gasteiger charge is -2.13. The zero-order chi connectivity index (χ0) is 13.5. The highest BCUT2D eigenvalue weighted by Crippen LogP contribution is 2.11. The van der Waals surface area contributed by atoms with Crippen LogP contribution in [0.25, 0.3) is 0 Å². The zero-order valence-corrected chi connectivity index (χ0v) is 12.2. The van der Waals surface area contributed by atoms with Gasteiger partial charge in [0.1, 0.15) is 0 Å². The summed E-state index contributed by atoms with van der Waals surface area (Å²) in [6.45, 7) is 4.03. The summed E-state index contributed by atoms with van der Waals surface area (Å²) in [6.07, 6.45) is -0.607. The van der Waals surface area contributed by atoms with Crippen LogP contribution in [0.3, 0.4) is 0 Å². The summed E-state index contributed by atoms with van der Waals surface area (Å²) in [4.78, 5) is 0. The Labute approximate surface area is 116 Å². The van der Waals surface area contributed by atoms with Gasteiger partial charge in [-0.1, -0.05) is 23.7 Å². The molecule has 1 aromatic rings. The fourth-order valence-corrected chi connectivity index (χ4v) is 2.73. The number of aliphatic hydroxyl groups is 1. The molecule has 0 bridgehead atoms. The second-order valence-electron chi connectivity index (χ2n) is 4.41.